The van der Waals surface area contributed by atoms with Gasteiger partial charge in [-0.3, -0.25) is 0 Å². The van der Waals surface area contributed by atoms with E-state index in [-0.39, 0.29) is 4.90 Å². The number of nitrogen functional groups attached to an aromatic ring is 1. The molecule has 0 saturated heterocycles. The second kappa shape index (κ2) is 3.95. The van der Waals surface area contributed by atoms with Crippen LogP contribution in [0.15, 0.2) is 23.1 Å². The third kappa shape index (κ3) is 2.65. The highest BCUT2D eigenvalue weighted by Crippen LogP contribution is 2.31. The lowest BCUT2D eigenvalue weighted by Gasteiger charge is -2.09. The summed E-state index contributed by atoms with van der Waals surface area (Å²) < 4.78 is 27.7. The summed E-state index contributed by atoms with van der Waals surface area (Å²) >= 11 is 0. The highest BCUT2D eigenvalue weighted by molar-refractivity contribution is 7.89. The van der Waals surface area contributed by atoms with E-state index in [0.717, 1.165) is 12.8 Å². The van der Waals surface area contributed by atoms with Gasteiger partial charge in [-0.15, -0.1) is 0 Å². The van der Waals surface area contributed by atoms with Crippen LogP contribution in [0.25, 0.3) is 0 Å². The molecule has 1 aromatic carbocycles. The Morgan fingerprint density at radius 1 is 1.38 bits per heavy atom. The number of nitrogens with two attached hydrogens (primary N) is 2. The van der Waals surface area contributed by atoms with Crippen LogP contribution >= 0.6 is 0 Å². The van der Waals surface area contributed by atoms with Crippen molar-refractivity contribution in [1.29, 1.82) is 0 Å². The molecular formula is C10H14N2O3S. The maximum absolute atomic E-state index is 11.1. The molecule has 1 fully saturated rings. The first-order valence-electron chi connectivity index (χ1n) is 5.02. The van der Waals surface area contributed by atoms with E-state index in [4.69, 9.17) is 15.6 Å². The summed E-state index contributed by atoms with van der Waals surface area (Å²) in [5.41, 5.74) is 6.10. The van der Waals surface area contributed by atoms with Crippen LogP contribution in [0.2, 0.25) is 0 Å². The van der Waals surface area contributed by atoms with Crippen molar-refractivity contribution in [3.05, 3.63) is 18.2 Å². The van der Waals surface area contributed by atoms with Crippen LogP contribution in [-0.2, 0) is 10.0 Å². The molecule has 0 spiro atoms. The average molecular weight is 242 g/mol. The predicted molar refractivity (Wildman–Crippen MR) is 60.4 cm³/mol. The molecule has 1 aliphatic carbocycles. The summed E-state index contributed by atoms with van der Waals surface area (Å²) in [6.45, 7) is 0.582. The van der Waals surface area contributed by atoms with Crippen molar-refractivity contribution in [3.63, 3.8) is 0 Å². The molecule has 2 rings (SSSR count). The summed E-state index contributed by atoms with van der Waals surface area (Å²) in [7, 11) is -3.70. The van der Waals surface area contributed by atoms with Crippen molar-refractivity contribution in [1.82, 2.24) is 0 Å². The van der Waals surface area contributed by atoms with Gasteiger partial charge < -0.3 is 10.5 Å². The normalized spacial score (nSPS) is 16.1. The third-order valence-electron chi connectivity index (χ3n) is 2.49. The van der Waals surface area contributed by atoms with Gasteiger partial charge in [-0.2, -0.15) is 0 Å². The standard InChI is InChI=1S/C10H14N2O3S/c11-9-4-3-8(16(12,13)14)5-10(9)15-6-7-1-2-7/h3-5,7H,1-2,6,11H2,(H2,12,13,14). The molecule has 5 nitrogen and oxygen atoms in total. The summed E-state index contributed by atoms with van der Waals surface area (Å²) in [5, 5.41) is 5.02. The van der Waals surface area contributed by atoms with Crippen LogP contribution < -0.4 is 15.6 Å². The van der Waals surface area contributed by atoms with Gasteiger partial charge in [-0.05, 0) is 30.9 Å². The lowest BCUT2D eigenvalue weighted by molar-refractivity contribution is 0.300. The van der Waals surface area contributed by atoms with Gasteiger partial charge in [0.05, 0.1) is 17.2 Å². The van der Waals surface area contributed by atoms with Crippen LogP contribution in [-0.4, -0.2) is 15.0 Å². The van der Waals surface area contributed by atoms with Crippen LogP contribution in [0, 0.1) is 5.92 Å². The van der Waals surface area contributed by atoms with Crippen LogP contribution in [0.5, 0.6) is 5.75 Å². The molecule has 0 bridgehead atoms. The zero-order valence-electron chi connectivity index (χ0n) is 8.72. The summed E-state index contributed by atoms with van der Waals surface area (Å²) in [6.07, 6.45) is 2.32. The van der Waals surface area contributed by atoms with E-state index < -0.39 is 10.0 Å². The van der Waals surface area contributed by atoms with Crippen LogP contribution in [0.3, 0.4) is 0 Å². The molecule has 0 aromatic heterocycles. The number of rotatable bonds is 4. The Morgan fingerprint density at radius 2 is 2.06 bits per heavy atom. The zero-order chi connectivity index (χ0) is 11.8. The van der Waals surface area contributed by atoms with Crippen molar-refractivity contribution in [2.75, 3.05) is 12.3 Å². The Kier molecular flexibility index (Phi) is 2.77. The highest BCUT2D eigenvalue weighted by atomic mass is 32.2. The SMILES string of the molecule is Nc1ccc(S(N)(=O)=O)cc1OCC1CC1. The summed E-state index contributed by atoms with van der Waals surface area (Å²) in [5.74, 6) is 0.968. The van der Waals surface area contributed by atoms with Gasteiger partial charge >= 0.3 is 0 Å². The first-order valence-corrected chi connectivity index (χ1v) is 6.56. The molecule has 6 heteroatoms. The first kappa shape index (κ1) is 11.2. The van der Waals surface area contributed by atoms with E-state index in [2.05, 4.69) is 0 Å². The Labute approximate surface area is 94.4 Å². The smallest absolute Gasteiger partial charge is 0.238 e. The van der Waals surface area contributed by atoms with Gasteiger partial charge in [0.25, 0.3) is 0 Å². The Balaban J connectivity index is 2.21. The van der Waals surface area contributed by atoms with E-state index >= 15 is 0 Å². The van der Waals surface area contributed by atoms with Gasteiger partial charge in [0.2, 0.25) is 10.0 Å². The number of primary sulfonamides is 1. The molecule has 0 atom stereocenters. The van der Waals surface area contributed by atoms with Crippen molar-refractivity contribution >= 4 is 15.7 Å². The lowest BCUT2D eigenvalue weighted by Crippen LogP contribution is -2.12. The number of hydrogen-bond donors (Lipinski definition) is 2. The molecule has 1 aliphatic rings. The fourth-order valence-electron chi connectivity index (χ4n) is 1.31. The van der Waals surface area contributed by atoms with Crippen molar-refractivity contribution < 1.29 is 13.2 Å². The molecule has 1 aromatic rings. The quantitative estimate of drug-likeness (QED) is 0.760. The largest absolute Gasteiger partial charge is 0.491 e. The zero-order valence-corrected chi connectivity index (χ0v) is 9.53. The van der Waals surface area contributed by atoms with Crippen LogP contribution in [0.4, 0.5) is 5.69 Å². The van der Waals surface area contributed by atoms with E-state index in [1.54, 1.807) is 0 Å². The maximum Gasteiger partial charge on any atom is 0.238 e. The fourth-order valence-corrected chi connectivity index (χ4v) is 1.84. The fraction of sp³-hybridized carbons (Fsp3) is 0.400. The predicted octanol–water partition coefficient (Wildman–Crippen LogP) is 0.705. The number of hydrogen-bond acceptors (Lipinski definition) is 4. The number of benzene rings is 1. The molecule has 88 valence electrons. The molecule has 0 radical (unpaired) electrons. The monoisotopic (exact) mass is 242 g/mol. The summed E-state index contributed by atoms with van der Waals surface area (Å²) in [6, 6.07) is 4.23. The minimum atomic E-state index is -3.70. The van der Waals surface area contributed by atoms with Crippen LogP contribution in [0.1, 0.15) is 12.8 Å². The van der Waals surface area contributed by atoms with Crippen molar-refractivity contribution in [2.24, 2.45) is 11.1 Å². The molecule has 0 amide bonds. The Bertz CT molecular complexity index is 495. The molecule has 4 N–H and O–H groups in total. The van der Waals surface area contributed by atoms with Gasteiger partial charge in [-0.25, -0.2) is 13.6 Å². The maximum atomic E-state index is 11.1. The Morgan fingerprint density at radius 3 is 2.62 bits per heavy atom. The van der Waals surface area contributed by atoms with Gasteiger partial charge in [0.1, 0.15) is 5.75 Å². The van der Waals surface area contributed by atoms with E-state index in [0.29, 0.717) is 24.0 Å². The third-order valence-corrected chi connectivity index (χ3v) is 3.40. The van der Waals surface area contributed by atoms with Gasteiger partial charge in [0, 0.05) is 6.07 Å². The van der Waals surface area contributed by atoms with E-state index in [9.17, 15) is 8.42 Å². The van der Waals surface area contributed by atoms with Gasteiger partial charge in [0.15, 0.2) is 0 Å². The second-order valence-electron chi connectivity index (χ2n) is 4.00. The van der Waals surface area contributed by atoms with Crippen molar-refractivity contribution in [3.8, 4) is 5.75 Å². The van der Waals surface area contributed by atoms with Crippen molar-refractivity contribution in [2.45, 2.75) is 17.7 Å². The number of ether oxygens (including phenoxy) is 1. The number of anilines is 1. The number of sulfonamides is 1. The van der Waals surface area contributed by atoms with Gasteiger partial charge in [-0.1, -0.05) is 0 Å². The lowest BCUT2D eigenvalue weighted by atomic mass is 10.3. The second-order valence-corrected chi connectivity index (χ2v) is 5.56. The minimum absolute atomic E-state index is 0.0208. The van der Waals surface area contributed by atoms with E-state index in [1.165, 1.54) is 18.2 Å². The summed E-state index contributed by atoms with van der Waals surface area (Å²) in [4.78, 5) is 0.0208. The molecular weight excluding hydrogens is 228 g/mol. The molecule has 0 unspecified atom stereocenters. The average Bonchev–Trinajstić information content (AvgIpc) is 2.98. The molecule has 16 heavy (non-hydrogen) atoms. The first-order chi connectivity index (χ1) is 7.47. The Hall–Kier alpha value is -1.27. The topological polar surface area (TPSA) is 95.4 Å². The highest BCUT2D eigenvalue weighted by Gasteiger charge is 2.22. The molecule has 0 aliphatic heterocycles. The molecule has 1 saturated carbocycles. The van der Waals surface area contributed by atoms with E-state index in [1.807, 2.05) is 0 Å². The molecule has 0 heterocycles. The minimum Gasteiger partial charge on any atom is -0.491 e.